The fourth-order valence-electron chi connectivity index (χ4n) is 6.30. The van der Waals surface area contributed by atoms with Crippen molar-refractivity contribution in [2.45, 2.75) is 52.4 Å². The average Bonchev–Trinajstić information content (AvgIpc) is 2.23. The molecule has 4 rings (SSSR count). The third kappa shape index (κ3) is 1.90. The third-order valence-electron chi connectivity index (χ3n) is 5.76. The van der Waals surface area contributed by atoms with Crippen molar-refractivity contribution in [2.75, 3.05) is 13.6 Å². The lowest BCUT2D eigenvalue weighted by molar-refractivity contribution is -0.177. The summed E-state index contributed by atoms with van der Waals surface area (Å²) in [5, 5.41) is 0. The molecule has 104 valence electrons. The smallest absolute Gasteiger partial charge is 0.229 e. The van der Waals surface area contributed by atoms with E-state index in [1.165, 1.54) is 19.3 Å². The second kappa shape index (κ2) is 3.78. The summed E-state index contributed by atoms with van der Waals surface area (Å²) in [6.45, 7) is 5.25. The van der Waals surface area contributed by atoms with Gasteiger partial charge >= 0.3 is 0 Å². The largest absolute Gasteiger partial charge is 0.334 e. The van der Waals surface area contributed by atoms with Crippen LogP contribution in [0.3, 0.4) is 0 Å². The number of rotatable bonds is 2. The molecule has 4 aliphatic rings. The number of carbonyl (C=O) groups is 1. The van der Waals surface area contributed by atoms with E-state index in [1.807, 2.05) is 7.05 Å². The van der Waals surface area contributed by atoms with E-state index in [9.17, 15) is 4.79 Å². The summed E-state index contributed by atoms with van der Waals surface area (Å²) in [5.41, 5.74) is 0.677. The van der Waals surface area contributed by atoms with E-state index in [0.29, 0.717) is 23.3 Å². The van der Waals surface area contributed by atoms with E-state index in [0.717, 1.165) is 25.2 Å². The Morgan fingerprint density at radius 1 is 1.21 bits per heavy atom. The Morgan fingerprint density at radius 3 is 2.26 bits per heavy atom. The van der Waals surface area contributed by atoms with E-state index in [1.54, 1.807) is 4.90 Å². The van der Waals surface area contributed by atoms with Gasteiger partial charge in [-0.1, -0.05) is 19.8 Å². The molecule has 0 aliphatic heterocycles. The number of carbonyl (C=O) groups excluding carboxylic acids is 1. The van der Waals surface area contributed by atoms with Crippen molar-refractivity contribution >= 4 is 5.91 Å². The molecule has 1 amide bonds. The second-order valence-corrected chi connectivity index (χ2v) is 8.28. The molecule has 4 bridgehead atoms. The zero-order chi connectivity index (χ0) is 13.9. The molecule has 2 heteroatoms. The third-order valence-corrected chi connectivity index (χ3v) is 5.76. The first-order valence-corrected chi connectivity index (χ1v) is 7.49. The molecule has 2 nitrogen and oxygen atoms in total. The van der Waals surface area contributed by atoms with Crippen LogP contribution in [-0.4, -0.2) is 24.4 Å². The minimum atomic E-state index is -0.103. The second-order valence-electron chi connectivity index (χ2n) is 8.28. The highest BCUT2D eigenvalue weighted by molar-refractivity contribution is 5.83. The zero-order valence-electron chi connectivity index (χ0n) is 12.5. The Hall–Kier alpha value is -0.970. The number of terminal acetylenes is 1. The minimum absolute atomic E-state index is 0.103. The lowest BCUT2D eigenvalue weighted by Crippen LogP contribution is -2.60. The lowest BCUT2D eigenvalue weighted by Gasteiger charge is -2.65. The minimum Gasteiger partial charge on any atom is -0.334 e. The molecule has 4 fully saturated rings. The van der Waals surface area contributed by atoms with Gasteiger partial charge in [0.25, 0.3) is 0 Å². The Bertz CT molecular complexity index is 442. The van der Waals surface area contributed by atoms with Crippen LogP contribution in [-0.2, 0) is 4.79 Å². The van der Waals surface area contributed by atoms with Crippen LogP contribution in [0.5, 0.6) is 0 Å². The van der Waals surface area contributed by atoms with E-state index < -0.39 is 0 Å². The van der Waals surface area contributed by atoms with Crippen molar-refractivity contribution < 1.29 is 4.79 Å². The molecule has 0 heterocycles. The summed E-state index contributed by atoms with van der Waals surface area (Å²) in [5.74, 6) is 3.68. The Morgan fingerprint density at radius 2 is 1.79 bits per heavy atom. The van der Waals surface area contributed by atoms with Crippen LogP contribution in [0.2, 0.25) is 0 Å². The first-order chi connectivity index (χ1) is 8.80. The van der Waals surface area contributed by atoms with E-state index in [2.05, 4.69) is 19.8 Å². The first kappa shape index (κ1) is 13.0. The molecule has 0 aromatic heterocycles. The molecule has 0 radical (unpaired) electrons. The van der Waals surface area contributed by atoms with Gasteiger partial charge in [0, 0.05) is 7.05 Å². The van der Waals surface area contributed by atoms with Gasteiger partial charge in [-0.25, -0.2) is 0 Å². The Balaban J connectivity index is 1.93. The summed E-state index contributed by atoms with van der Waals surface area (Å²) in [4.78, 5) is 14.7. The summed E-state index contributed by atoms with van der Waals surface area (Å²) >= 11 is 0. The van der Waals surface area contributed by atoms with Gasteiger partial charge in [-0.15, -0.1) is 6.42 Å². The summed E-state index contributed by atoms with van der Waals surface area (Å²) in [6, 6.07) is 0. The Labute approximate surface area is 116 Å². The van der Waals surface area contributed by atoms with Gasteiger partial charge in [0.15, 0.2) is 0 Å². The SMILES string of the molecule is C#CCN(C)C(=O)C12CC3CC(C)(CC(C)(C3)C1)C2. The fraction of sp³-hybridized carbons (Fsp3) is 0.824. The van der Waals surface area contributed by atoms with Crippen molar-refractivity contribution in [3.8, 4) is 12.3 Å². The molecule has 0 aromatic carbocycles. The van der Waals surface area contributed by atoms with Crippen molar-refractivity contribution in [1.29, 1.82) is 0 Å². The highest BCUT2D eigenvalue weighted by Gasteiger charge is 2.63. The molecular weight excluding hydrogens is 234 g/mol. The van der Waals surface area contributed by atoms with Gasteiger partial charge in [0.1, 0.15) is 0 Å². The van der Waals surface area contributed by atoms with Gasteiger partial charge in [-0.2, -0.15) is 0 Å². The molecule has 2 atom stereocenters. The molecule has 19 heavy (non-hydrogen) atoms. The molecular formula is C17H25NO. The normalized spacial score (nSPS) is 46.9. The van der Waals surface area contributed by atoms with Crippen LogP contribution in [0.15, 0.2) is 0 Å². The van der Waals surface area contributed by atoms with Gasteiger partial charge in [0.05, 0.1) is 12.0 Å². The molecule has 4 aliphatic carbocycles. The van der Waals surface area contributed by atoms with E-state index in [4.69, 9.17) is 6.42 Å². The van der Waals surface area contributed by atoms with Gasteiger partial charge in [-0.05, 0) is 55.3 Å². The van der Waals surface area contributed by atoms with Crippen LogP contribution in [0.4, 0.5) is 0 Å². The number of hydrogen-bond donors (Lipinski definition) is 0. The summed E-state index contributed by atoms with van der Waals surface area (Å²) in [7, 11) is 1.87. The number of amides is 1. The maximum Gasteiger partial charge on any atom is 0.229 e. The first-order valence-electron chi connectivity index (χ1n) is 7.49. The molecule has 0 aromatic rings. The van der Waals surface area contributed by atoms with Crippen molar-refractivity contribution in [1.82, 2.24) is 4.90 Å². The fourth-order valence-corrected chi connectivity index (χ4v) is 6.30. The predicted molar refractivity (Wildman–Crippen MR) is 76.3 cm³/mol. The van der Waals surface area contributed by atoms with E-state index >= 15 is 0 Å². The van der Waals surface area contributed by atoms with Crippen molar-refractivity contribution in [2.24, 2.45) is 22.2 Å². The van der Waals surface area contributed by atoms with Crippen molar-refractivity contribution in [3.63, 3.8) is 0 Å². The number of nitrogens with zero attached hydrogens (tertiary/aromatic N) is 1. The van der Waals surface area contributed by atoms with Crippen LogP contribution in [0.25, 0.3) is 0 Å². The molecule has 2 unspecified atom stereocenters. The van der Waals surface area contributed by atoms with Crippen LogP contribution in [0, 0.1) is 34.5 Å². The van der Waals surface area contributed by atoms with Crippen LogP contribution >= 0.6 is 0 Å². The summed E-state index contributed by atoms with van der Waals surface area (Å²) < 4.78 is 0. The standard InChI is InChI=1S/C17H25NO/c1-5-6-18(4)14(19)17-9-13-7-15(2,11-17)10-16(3,8-13)12-17/h1,13H,6-12H2,2-4H3. The molecule has 4 saturated carbocycles. The molecule has 0 spiro atoms. The zero-order valence-corrected chi connectivity index (χ0v) is 12.5. The van der Waals surface area contributed by atoms with Crippen molar-refractivity contribution in [3.05, 3.63) is 0 Å². The number of hydrogen-bond acceptors (Lipinski definition) is 1. The predicted octanol–water partition coefficient (Wildman–Crippen LogP) is 3.07. The summed E-state index contributed by atoms with van der Waals surface area (Å²) in [6.07, 6.45) is 12.6. The van der Waals surface area contributed by atoms with Crippen LogP contribution in [0.1, 0.15) is 52.4 Å². The monoisotopic (exact) mass is 259 g/mol. The average molecular weight is 259 g/mol. The van der Waals surface area contributed by atoms with Gasteiger partial charge < -0.3 is 4.90 Å². The highest BCUT2D eigenvalue weighted by Crippen LogP contribution is 2.69. The lowest BCUT2D eigenvalue weighted by atomic mass is 9.40. The maximum atomic E-state index is 12.9. The van der Waals surface area contributed by atoms with E-state index in [-0.39, 0.29) is 5.41 Å². The molecule has 0 N–H and O–H groups in total. The maximum absolute atomic E-state index is 12.9. The van der Waals surface area contributed by atoms with Gasteiger partial charge in [0.2, 0.25) is 5.91 Å². The Kier molecular flexibility index (Phi) is 2.59. The highest BCUT2D eigenvalue weighted by atomic mass is 16.2. The van der Waals surface area contributed by atoms with Gasteiger partial charge in [-0.3, -0.25) is 4.79 Å². The van der Waals surface area contributed by atoms with Crippen LogP contribution < -0.4 is 0 Å². The molecule has 0 saturated heterocycles. The quantitative estimate of drug-likeness (QED) is 0.698. The topological polar surface area (TPSA) is 20.3 Å².